The van der Waals surface area contributed by atoms with Crippen molar-refractivity contribution in [1.29, 1.82) is 0 Å². The number of nitrogens with zero attached hydrogens (tertiary/aromatic N) is 3. The van der Waals surface area contributed by atoms with Crippen LogP contribution in [0.5, 0.6) is 0 Å². The van der Waals surface area contributed by atoms with Gasteiger partial charge in [0, 0.05) is 36.2 Å². The Balaban J connectivity index is 1.54. The SMILES string of the molecule is CC(C)OCCCN1CC(=O)N2C(c3cccc(N([O-])O)c3)c3[nH]c4ccccc4c3C[C@H]2C1=O. The molecule has 0 radical (unpaired) electrons. The minimum atomic E-state index is -0.653. The van der Waals surface area contributed by atoms with Gasteiger partial charge in [-0.15, -0.1) is 0 Å². The van der Waals surface area contributed by atoms with Crippen LogP contribution in [0.15, 0.2) is 48.5 Å². The topological polar surface area (TPSA) is 112 Å². The van der Waals surface area contributed by atoms with Crippen molar-refractivity contribution in [3.05, 3.63) is 70.6 Å². The quantitative estimate of drug-likeness (QED) is 0.399. The molecular formula is C26H29N4O5-. The first-order valence-electron chi connectivity index (χ1n) is 11.9. The van der Waals surface area contributed by atoms with Gasteiger partial charge in [-0.1, -0.05) is 30.3 Å². The molecule has 9 nitrogen and oxygen atoms in total. The van der Waals surface area contributed by atoms with Crippen molar-refractivity contribution < 1.29 is 19.5 Å². The number of anilines is 1. The number of aromatic nitrogens is 1. The number of carbonyl (C=O) groups is 2. The van der Waals surface area contributed by atoms with Crippen LogP contribution in [-0.2, 0) is 20.7 Å². The second-order valence-corrected chi connectivity index (χ2v) is 9.39. The average Bonchev–Trinajstić information content (AvgIpc) is 3.21. The molecule has 2 aromatic carbocycles. The van der Waals surface area contributed by atoms with Crippen molar-refractivity contribution in [2.45, 2.75) is 44.9 Å². The van der Waals surface area contributed by atoms with Crippen molar-refractivity contribution in [3.63, 3.8) is 0 Å². The molecule has 0 bridgehead atoms. The van der Waals surface area contributed by atoms with E-state index in [0.29, 0.717) is 31.6 Å². The Kier molecular flexibility index (Phi) is 6.22. The molecule has 9 heteroatoms. The first kappa shape index (κ1) is 23.3. The maximum absolute atomic E-state index is 13.6. The number of piperazine rings is 1. The third-order valence-corrected chi connectivity index (χ3v) is 6.77. The highest BCUT2D eigenvalue weighted by atomic mass is 16.8. The minimum Gasteiger partial charge on any atom is -0.733 e. The predicted octanol–water partition coefficient (Wildman–Crippen LogP) is 3.36. The molecule has 2 N–H and O–H groups in total. The molecule has 1 saturated heterocycles. The number of rotatable bonds is 7. The molecule has 0 saturated carbocycles. The third-order valence-electron chi connectivity index (χ3n) is 6.77. The van der Waals surface area contributed by atoms with E-state index in [1.807, 2.05) is 44.2 Å². The molecule has 1 fully saturated rings. The monoisotopic (exact) mass is 477 g/mol. The lowest BCUT2D eigenvalue weighted by Crippen LogP contribution is -2.63. The molecule has 3 heterocycles. The smallest absolute Gasteiger partial charge is 0.246 e. The Labute approximate surface area is 203 Å². The van der Waals surface area contributed by atoms with Gasteiger partial charge in [0.05, 0.1) is 24.4 Å². The summed E-state index contributed by atoms with van der Waals surface area (Å²) in [6.45, 7) is 4.91. The van der Waals surface area contributed by atoms with Crippen molar-refractivity contribution >= 4 is 28.4 Å². The number of para-hydroxylation sites is 1. The van der Waals surface area contributed by atoms with E-state index in [4.69, 9.17) is 4.74 Å². The van der Waals surface area contributed by atoms with Crippen LogP contribution in [0.4, 0.5) is 5.69 Å². The highest BCUT2D eigenvalue weighted by molar-refractivity contribution is 5.97. The van der Waals surface area contributed by atoms with Crippen molar-refractivity contribution in [3.8, 4) is 0 Å². The largest absolute Gasteiger partial charge is 0.733 e. The summed E-state index contributed by atoms with van der Waals surface area (Å²) < 4.78 is 5.60. The molecule has 0 spiro atoms. The Hall–Kier alpha value is -3.40. The number of amides is 2. The Morgan fingerprint density at radius 2 is 2.00 bits per heavy atom. The van der Waals surface area contributed by atoms with E-state index in [9.17, 15) is 20.0 Å². The van der Waals surface area contributed by atoms with Gasteiger partial charge >= 0.3 is 0 Å². The van der Waals surface area contributed by atoms with Crippen molar-refractivity contribution in [2.24, 2.45) is 0 Å². The molecule has 35 heavy (non-hydrogen) atoms. The second-order valence-electron chi connectivity index (χ2n) is 9.39. The fourth-order valence-corrected chi connectivity index (χ4v) is 5.25. The Morgan fingerprint density at radius 3 is 2.77 bits per heavy atom. The summed E-state index contributed by atoms with van der Waals surface area (Å²) in [4.78, 5) is 33.9. The molecule has 2 aliphatic rings. The van der Waals surface area contributed by atoms with Crippen molar-refractivity contribution in [2.75, 3.05) is 24.9 Å². The van der Waals surface area contributed by atoms with E-state index in [1.54, 1.807) is 21.9 Å². The summed E-state index contributed by atoms with van der Waals surface area (Å²) in [5.74, 6) is -0.235. The van der Waals surface area contributed by atoms with Gasteiger partial charge < -0.3 is 30.0 Å². The van der Waals surface area contributed by atoms with Gasteiger partial charge in [0.1, 0.15) is 6.04 Å². The van der Waals surface area contributed by atoms with E-state index in [1.165, 1.54) is 6.07 Å². The standard InChI is InChI=1S/C26H29N4O5/c1-16(2)35-12-6-11-28-15-23(31)29-22(26(28)32)14-20-19-9-3-4-10-21(19)27-24(20)25(29)17-7-5-8-18(13-17)30(33)34/h3-5,7-10,13,16,22,25,27,33H,6,11-12,14-15H2,1-2H3/q-1/t22-,25?/m0/s1. The van der Waals surface area contributed by atoms with Gasteiger partial charge in [0.2, 0.25) is 11.8 Å². The molecule has 184 valence electrons. The number of ether oxygens (including phenoxy) is 1. The number of carbonyl (C=O) groups excluding carboxylic acids is 2. The number of nitrogens with one attached hydrogen (secondary N) is 1. The van der Waals surface area contributed by atoms with Gasteiger partial charge in [-0.3, -0.25) is 14.8 Å². The maximum atomic E-state index is 13.6. The Morgan fingerprint density at radius 1 is 1.20 bits per heavy atom. The summed E-state index contributed by atoms with van der Waals surface area (Å²) in [6, 6.07) is 13.2. The van der Waals surface area contributed by atoms with Gasteiger partial charge in [0.25, 0.3) is 0 Å². The van der Waals surface area contributed by atoms with Gasteiger partial charge in [-0.25, -0.2) is 0 Å². The first-order chi connectivity index (χ1) is 16.8. The highest BCUT2D eigenvalue weighted by Gasteiger charge is 2.48. The van der Waals surface area contributed by atoms with Crippen LogP contribution in [-0.4, -0.2) is 63.6 Å². The van der Waals surface area contributed by atoms with Crippen LogP contribution in [0.1, 0.15) is 43.1 Å². The predicted molar refractivity (Wildman–Crippen MR) is 131 cm³/mol. The van der Waals surface area contributed by atoms with Crippen molar-refractivity contribution in [1.82, 2.24) is 14.8 Å². The molecule has 2 aliphatic heterocycles. The van der Waals surface area contributed by atoms with E-state index in [2.05, 4.69) is 4.98 Å². The van der Waals surface area contributed by atoms with Crippen LogP contribution in [0, 0.1) is 5.21 Å². The lowest BCUT2D eigenvalue weighted by molar-refractivity contribution is -0.158. The summed E-state index contributed by atoms with van der Waals surface area (Å²) in [5, 5.41) is 21.9. The summed E-state index contributed by atoms with van der Waals surface area (Å²) in [7, 11) is 0. The molecule has 0 aliphatic carbocycles. The fourth-order valence-electron chi connectivity index (χ4n) is 5.25. The molecule has 3 aromatic rings. The zero-order valence-corrected chi connectivity index (χ0v) is 19.8. The summed E-state index contributed by atoms with van der Waals surface area (Å²) in [5.41, 5.74) is 3.45. The molecular weight excluding hydrogens is 448 g/mol. The number of aromatic amines is 1. The fraction of sp³-hybridized carbons (Fsp3) is 0.385. The zero-order chi connectivity index (χ0) is 24.7. The van der Waals surface area contributed by atoms with E-state index in [-0.39, 0.29) is 35.4 Å². The summed E-state index contributed by atoms with van der Waals surface area (Å²) in [6.07, 6.45) is 1.18. The first-order valence-corrected chi connectivity index (χ1v) is 11.9. The number of H-pyrrole nitrogens is 1. The maximum Gasteiger partial charge on any atom is 0.246 e. The van der Waals surface area contributed by atoms with Crippen LogP contribution < -0.4 is 5.23 Å². The van der Waals surface area contributed by atoms with Crippen LogP contribution in [0.25, 0.3) is 10.9 Å². The normalized spacial score (nSPS) is 19.9. The lowest BCUT2D eigenvalue weighted by Gasteiger charge is -2.47. The molecule has 5 rings (SSSR count). The highest BCUT2D eigenvalue weighted by Crippen LogP contribution is 2.43. The second kappa shape index (κ2) is 9.33. The van der Waals surface area contributed by atoms with Crippen LogP contribution in [0.2, 0.25) is 0 Å². The van der Waals surface area contributed by atoms with Gasteiger partial charge in [0.15, 0.2) is 0 Å². The van der Waals surface area contributed by atoms with E-state index in [0.717, 1.165) is 22.2 Å². The number of fused-ring (bicyclic) bond motifs is 4. The number of hydrogen-bond acceptors (Lipinski definition) is 6. The van der Waals surface area contributed by atoms with Gasteiger partial charge in [-0.05, 0) is 49.6 Å². The van der Waals surface area contributed by atoms with Gasteiger partial charge in [-0.2, -0.15) is 0 Å². The minimum absolute atomic E-state index is 0.00353. The lowest BCUT2D eigenvalue weighted by atomic mass is 9.86. The average molecular weight is 478 g/mol. The van der Waals surface area contributed by atoms with Crippen LogP contribution in [0.3, 0.4) is 0 Å². The summed E-state index contributed by atoms with van der Waals surface area (Å²) >= 11 is 0. The zero-order valence-electron chi connectivity index (χ0n) is 19.8. The van der Waals surface area contributed by atoms with Crippen LogP contribution >= 0.6 is 0 Å². The molecule has 2 atom stereocenters. The Bertz CT molecular complexity index is 1250. The number of hydrogen-bond donors (Lipinski definition) is 2. The number of benzene rings is 2. The van der Waals surface area contributed by atoms with E-state index >= 15 is 0 Å². The van der Waals surface area contributed by atoms with E-state index < -0.39 is 12.1 Å². The molecule has 1 unspecified atom stereocenters. The molecule has 2 amide bonds. The third kappa shape index (κ3) is 4.27. The molecule has 1 aromatic heterocycles.